The van der Waals surface area contributed by atoms with Gasteiger partial charge in [0.1, 0.15) is 5.78 Å². The first-order valence-electron chi connectivity index (χ1n) is 12.7. The Morgan fingerprint density at radius 2 is 1.05 bits per heavy atom. The van der Waals surface area contributed by atoms with Gasteiger partial charge in [-0.2, -0.15) is 0 Å². The van der Waals surface area contributed by atoms with Crippen LogP contribution in [0, 0.1) is 0 Å². The molecule has 2 saturated heterocycles. The van der Waals surface area contributed by atoms with E-state index in [1.54, 1.807) is 0 Å². The Labute approximate surface area is 244 Å². The van der Waals surface area contributed by atoms with Crippen LogP contribution in [0.5, 0.6) is 0 Å². The summed E-state index contributed by atoms with van der Waals surface area (Å²) in [5.74, 6) is -0.457. The molecule has 2 saturated carbocycles. The highest BCUT2D eigenvalue weighted by Crippen LogP contribution is 2.45. The van der Waals surface area contributed by atoms with E-state index >= 15 is 0 Å². The number of carbonyl (C=O) groups excluding carboxylic acids is 1. The second-order valence-corrected chi connectivity index (χ2v) is 11.5. The van der Waals surface area contributed by atoms with Gasteiger partial charge in [0.05, 0.1) is 32.0 Å². The van der Waals surface area contributed by atoms with Crippen molar-refractivity contribution in [2.75, 3.05) is 26.4 Å². The molecule has 2 aromatic carbocycles. The Hall–Kier alpha value is -1.03. The van der Waals surface area contributed by atoms with Gasteiger partial charge in [-0.05, 0) is 54.8 Å². The van der Waals surface area contributed by atoms with Crippen molar-refractivity contribution in [1.82, 2.24) is 0 Å². The second kappa shape index (κ2) is 14.0. The topological polar surface area (TPSA) is 74.2 Å². The van der Waals surface area contributed by atoms with Crippen molar-refractivity contribution >= 4 is 44.9 Å². The van der Waals surface area contributed by atoms with E-state index in [1.807, 2.05) is 48.5 Å². The molecule has 0 unspecified atom stereocenters. The highest BCUT2D eigenvalue weighted by Gasteiger charge is 2.46. The third kappa shape index (κ3) is 8.48. The van der Waals surface area contributed by atoms with Crippen LogP contribution in [-0.4, -0.2) is 48.9 Å². The molecule has 2 heterocycles. The van der Waals surface area contributed by atoms with Crippen molar-refractivity contribution in [3.63, 3.8) is 0 Å². The molecule has 2 aromatic rings. The molecular formula is C29H37BrCl2O6. The van der Waals surface area contributed by atoms with Gasteiger partial charge in [-0.15, -0.1) is 0 Å². The molecule has 0 atom stereocenters. The van der Waals surface area contributed by atoms with Gasteiger partial charge in [0.2, 0.25) is 0 Å². The fourth-order valence-corrected chi connectivity index (χ4v) is 5.52. The minimum absolute atomic E-state index is 0. The SMILES string of the molecule is C.Clc1ccc(Br)cc1.O=C1CCC2(CC1)OCCO2.OC1(c2ccc(Cl)cc2)CCC2(CC1)OCCO2. The lowest BCUT2D eigenvalue weighted by Gasteiger charge is -2.40. The zero-order chi connectivity index (χ0) is 26.4. The van der Waals surface area contributed by atoms with Crippen LogP contribution in [-0.2, 0) is 29.3 Å². The maximum Gasteiger partial charge on any atom is 0.169 e. The summed E-state index contributed by atoms with van der Waals surface area (Å²) in [7, 11) is 0. The number of hydrogen-bond donors (Lipinski definition) is 1. The van der Waals surface area contributed by atoms with Crippen molar-refractivity contribution in [3.8, 4) is 0 Å². The van der Waals surface area contributed by atoms with E-state index in [0.29, 0.717) is 62.9 Å². The van der Waals surface area contributed by atoms with Crippen molar-refractivity contribution in [1.29, 1.82) is 0 Å². The zero-order valence-corrected chi connectivity index (χ0v) is 23.8. The predicted molar refractivity (Wildman–Crippen MR) is 152 cm³/mol. The summed E-state index contributed by atoms with van der Waals surface area (Å²) in [6, 6.07) is 14.9. The molecule has 0 aromatic heterocycles. The quantitative estimate of drug-likeness (QED) is 0.352. The van der Waals surface area contributed by atoms with Crippen LogP contribution >= 0.6 is 39.1 Å². The van der Waals surface area contributed by atoms with Gasteiger partial charge in [0.15, 0.2) is 11.6 Å². The first-order valence-corrected chi connectivity index (χ1v) is 14.2. The number of ether oxygens (including phenoxy) is 4. The van der Waals surface area contributed by atoms with Crippen LogP contribution in [0.3, 0.4) is 0 Å². The summed E-state index contributed by atoms with van der Waals surface area (Å²) < 4.78 is 23.3. The molecule has 0 amide bonds. The monoisotopic (exact) mass is 630 g/mol. The smallest absolute Gasteiger partial charge is 0.169 e. The van der Waals surface area contributed by atoms with Crippen molar-refractivity contribution in [2.24, 2.45) is 0 Å². The van der Waals surface area contributed by atoms with Crippen LogP contribution in [0.25, 0.3) is 0 Å². The Bertz CT molecular complexity index is 975. The molecule has 4 fully saturated rings. The van der Waals surface area contributed by atoms with Crippen LogP contribution in [0.2, 0.25) is 10.0 Å². The lowest BCUT2D eigenvalue weighted by atomic mass is 9.77. The molecule has 9 heteroatoms. The maximum atomic E-state index is 10.9. The van der Waals surface area contributed by atoms with Crippen LogP contribution in [0.1, 0.15) is 64.4 Å². The Balaban J connectivity index is 0.000000171. The molecule has 2 aliphatic heterocycles. The lowest BCUT2D eigenvalue weighted by Crippen LogP contribution is -2.42. The number of halogens is 3. The molecule has 6 rings (SSSR count). The normalized spacial score (nSPS) is 22.6. The second-order valence-electron chi connectivity index (χ2n) is 9.73. The molecule has 210 valence electrons. The van der Waals surface area contributed by atoms with Gasteiger partial charge in [-0.25, -0.2) is 0 Å². The third-order valence-corrected chi connectivity index (χ3v) is 8.25. The average Bonchev–Trinajstić information content (AvgIpc) is 3.57. The molecule has 38 heavy (non-hydrogen) atoms. The summed E-state index contributed by atoms with van der Waals surface area (Å²) in [5, 5.41) is 12.2. The Morgan fingerprint density at radius 3 is 1.47 bits per heavy atom. The number of carbonyl (C=O) groups is 1. The van der Waals surface area contributed by atoms with Crippen LogP contribution in [0.4, 0.5) is 0 Å². The number of ketones is 1. The summed E-state index contributed by atoms with van der Waals surface area (Å²) in [4.78, 5) is 10.9. The highest BCUT2D eigenvalue weighted by atomic mass is 79.9. The van der Waals surface area contributed by atoms with Crippen LogP contribution in [0.15, 0.2) is 53.0 Å². The van der Waals surface area contributed by atoms with Crippen molar-refractivity contribution in [3.05, 3.63) is 68.6 Å². The van der Waals surface area contributed by atoms with Crippen molar-refractivity contribution in [2.45, 2.75) is 76.0 Å². The molecule has 1 N–H and O–H groups in total. The minimum Gasteiger partial charge on any atom is -0.385 e. The number of rotatable bonds is 1. The molecule has 0 radical (unpaired) electrons. The maximum absolute atomic E-state index is 10.9. The number of aliphatic hydroxyl groups is 1. The van der Waals surface area contributed by atoms with E-state index in [4.69, 9.17) is 42.1 Å². The molecule has 0 bridgehead atoms. The van der Waals surface area contributed by atoms with E-state index in [-0.39, 0.29) is 13.2 Å². The standard InChI is InChI=1S/C14H17ClO3.C8H12O3.C6H4BrCl.CH4/c15-12-3-1-11(2-4-12)13(16)5-7-14(8-6-13)17-9-10-18-14;9-7-1-3-8(4-2-7)10-5-6-11-8;7-5-1-3-6(8)4-2-5;/h1-4,16H,5-10H2;1-6H2;1-4H;1H4. The van der Waals surface area contributed by atoms with Crippen LogP contribution < -0.4 is 0 Å². The third-order valence-electron chi connectivity index (χ3n) is 7.22. The van der Waals surface area contributed by atoms with Gasteiger partial charge in [0, 0.05) is 53.0 Å². The summed E-state index contributed by atoms with van der Waals surface area (Å²) in [6.45, 7) is 2.71. The number of hydrogen-bond acceptors (Lipinski definition) is 6. The average molecular weight is 632 g/mol. The van der Waals surface area contributed by atoms with Gasteiger partial charge in [-0.1, -0.05) is 58.7 Å². The van der Waals surface area contributed by atoms with E-state index in [1.165, 1.54) is 0 Å². The molecule has 2 aliphatic carbocycles. The Morgan fingerprint density at radius 1 is 0.658 bits per heavy atom. The molecule has 4 aliphatic rings. The first kappa shape index (κ1) is 31.5. The zero-order valence-electron chi connectivity index (χ0n) is 20.7. The minimum atomic E-state index is -0.773. The van der Waals surface area contributed by atoms with Crippen molar-refractivity contribution < 1.29 is 28.8 Å². The van der Waals surface area contributed by atoms with E-state index < -0.39 is 11.4 Å². The summed E-state index contributed by atoms with van der Waals surface area (Å²) >= 11 is 14.8. The molecule has 6 nitrogen and oxygen atoms in total. The highest BCUT2D eigenvalue weighted by molar-refractivity contribution is 9.10. The van der Waals surface area contributed by atoms with E-state index in [9.17, 15) is 9.90 Å². The Kier molecular flexibility index (Phi) is 11.6. The summed E-state index contributed by atoms with van der Waals surface area (Å²) in [6.07, 6.45) is 5.57. The van der Waals surface area contributed by atoms with Gasteiger partial charge < -0.3 is 24.1 Å². The fourth-order valence-electron chi connectivity index (χ4n) is 5.00. The molecular weight excluding hydrogens is 595 g/mol. The van der Waals surface area contributed by atoms with Gasteiger partial charge >= 0.3 is 0 Å². The van der Waals surface area contributed by atoms with E-state index in [0.717, 1.165) is 40.7 Å². The fraction of sp³-hybridized carbons (Fsp3) is 0.552. The van der Waals surface area contributed by atoms with Gasteiger partial charge in [0.25, 0.3) is 0 Å². The molecule has 2 spiro atoms. The lowest BCUT2D eigenvalue weighted by molar-refractivity contribution is -0.204. The predicted octanol–water partition coefficient (Wildman–Crippen LogP) is 7.46. The summed E-state index contributed by atoms with van der Waals surface area (Å²) in [5.41, 5.74) is 0.158. The number of benzene rings is 2. The van der Waals surface area contributed by atoms with E-state index in [2.05, 4.69) is 15.9 Å². The van der Waals surface area contributed by atoms with Gasteiger partial charge in [-0.3, -0.25) is 4.79 Å². The largest absolute Gasteiger partial charge is 0.385 e. The first-order chi connectivity index (χ1) is 17.7. The number of Topliss-reactive ketones (excluding diaryl/α,β-unsaturated/α-hetero) is 1.